The topological polar surface area (TPSA) is 28.7 Å². The van der Waals surface area contributed by atoms with Crippen molar-refractivity contribution in [2.45, 2.75) is 23.5 Å². The maximum Gasteiger partial charge on any atom is 0.446 e. The fourth-order valence-electron chi connectivity index (χ4n) is 2.11. The van der Waals surface area contributed by atoms with Gasteiger partial charge in [0.2, 0.25) is 0 Å². The minimum Gasteiger partial charge on any atom is -0.316 e. The Hall–Kier alpha value is -1.50. The Kier molecular flexibility index (Phi) is 5.28. The van der Waals surface area contributed by atoms with Crippen molar-refractivity contribution >= 4 is 35.0 Å². The van der Waals surface area contributed by atoms with Gasteiger partial charge in [0.1, 0.15) is 6.07 Å². The third-order valence-corrected chi connectivity index (χ3v) is 4.48. The maximum atomic E-state index is 12.8. The molecule has 1 heterocycles. The van der Waals surface area contributed by atoms with Gasteiger partial charge in [0.15, 0.2) is 0 Å². The minimum absolute atomic E-state index is 0.0674. The Labute approximate surface area is 151 Å². The summed E-state index contributed by atoms with van der Waals surface area (Å²) in [5.74, 6) is 0. The van der Waals surface area contributed by atoms with Crippen LogP contribution in [-0.2, 0) is 6.18 Å². The summed E-state index contributed by atoms with van der Waals surface area (Å²) >= 11 is 11.2. The molecular weight excluding hydrogens is 413 g/mol. The second kappa shape index (κ2) is 6.67. The third-order valence-electron chi connectivity index (χ3n) is 3.14. The highest BCUT2D eigenvalue weighted by atomic mass is 35.5. The van der Waals surface area contributed by atoms with Crippen molar-refractivity contribution in [2.75, 3.05) is 0 Å². The summed E-state index contributed by atoms with van der Waals surface area (Å²) in [7, 11) is 0. The van der Waals surface area contributed by atoms with E-state index >= 15 is 0 Å². The van der Waals surface area contributed by atoms with E-state index in [1.54, 1.807) is 6.07 Å². The van der Waals surface area contributed by atoms with Crippen molar-refractivity contribution in [3.63, 3.8) is 0 Å². The highest BCUT2D eigenvalue weighted by Crippen LogP contribution is 2.43. The van der Waals surface area contributed by atoms with Gasteiger partial charge in [-0.05, 0) is 30.8 Å². The standard InChI is InChI=1S/C14H6Cl2F6N2S/c1-6-8(4-23)11(25-14(20,21)22)5-24(6)12-9(15)2-7(3-10(12)16)13(17,18)19/h2-3,5H,1H3. The number of hydrogen-bond donors (Lipinski definition) is 0. The second-order valence-electron chi connectivity index (χ2n) is 4.77. The maximum absolute atomic E-state index is 12.8. The molecule has 134 valence electrons. The molecule has 0 N–H and O–H groups in total. The summed E-state index contributed by atoms with van der Waals surface area (Å²) in [6.07, 6.45) is -3.72. The molecule has 11 heteroatoms. The highest BCUT2D eigenvalue weighted by molar-refractivity contribution is 8.00. The molecule has 0 amide bonds. The average Bonchev–Trinajstić information content (AvgIpc) is 2.71. The van der Waals surface area contributed by atoms with Gasteiger partial charge in [0.05, 0.1) is 31.8 Å². The number of nitriles is 1. The fraction of sp³-hybridized carbons (Fsp3) is 0.214. The predicted molar refractivity (Wildman–Crippen MR) is 82.2 cm³/mol. The van der Waals surface area contributed by atoms with Crippen molar-refractivity contribution in [2.24, 2.45) is 0 Å². The smallest absolute Gasteiger partial charge is 0.316 e. The van der Waals surface area contributed by atoms with Crippen LogP contribution in [0.2, 0.25) is 10.0 Å². The number of hydrogen-bond acceptors (Lipinski definition) is 2. The lowest BCUT2D eigenvalue weighted by atomic mass is 10.2. The number of alkyl halides is 6. The summed E-state index contributed by atoms with van der Waals surface area (Å²) in [6, 6.07) is 2.88. The van der Waals surface area contributed by atoms with Gasteiger partial charge in [-0.15, -0.1) is 0 Å². The molecule has 0 aliphatic heterocycles. The number of thioether (sulfide) groups is 1. The molecule has 0 atom stereocenters. The van der Waals surface area contributed by atoms with E-state index in [1.807, 2.05) is 0 Å². The van der Waals surface area contributed by atoms with Crippen LogP contribution in [0, 0.1) is 18.3 Å². The van der Waals surface area contributed by atoms with E-state index in [0.717, 1.165) is 10.8 Å². The molecule has 0 radical (unpaired) electrons. The largest absolute Gasteiger partial charge is 0.446 e. The molecular formula is C14H6Cl2F6N2S. The molecule has 2 nitrogen and oxygen atoms in total. The van der Waals surface area contributed by atoms with Crippen LogP contribution in [-0.4, -0.2) is 10.1 Å². The fourth-order valence-corrected chi connectivity index (χ4v) is 3.48. The zero-order chi connectivity index (χ0) is 19.2. The first-order chi connectivity index (χ1) is 11.3. The summed E-state index contributed by atoms with van der Waals surface area (Å²) in [6.45, 7) is 1.34. The summed E-state index contributed by atoms with van der Waals surface area (Å²) in [5.41, 5.74) is -6.08. The van der Waals surface area contributed by atoms with E-state index in [2.05, 4.69) is 0 Å². The summed E-state index contributed by atoms with van der Waals surface area (Å²) in [5, 5.41) is 8.26. The molecule has 0 bridgehead atoms. The van der Waals surface area contributed by atoms with Crippen LogP contribution < -0.4 is 0 Å². The first-order valence-electron chi connectivity index (χ1n) is 6.29. The monoisotopic (exact) mass is 418 g/mol. The molecule has 1 aromatic carbocycles. The van der Waals surface area contributed by atoms with Gasteiger partial charge >= 0.3 is 11.7 Å². The van der Waals surface area contributed by atoms with Crippen molar-refractivity contribution in [3.05, 3.63) is 45.2 Å². The first kappa shape index (κ1) is 19.8. The van der Waals surface area contributed by atoms with E-state index in [1.165, 1.54) is 6.92 Å². The number of aromatic nitrogens is 1. The number of benzene rings is 1. The van der Waals surface area contributed by atoms with Crippen LogP contribution in [0.1, 0.15) is 16.8 Å². The summed E-state index contributed by atoms with van der Waals surface area (Å²) in [4.78, 5) is -0.403. The lowest BCUT2D eigenvalue weighted by Crippen LogP contribution is -2.07. The van der Waals surface area contributed by atoms with Gasteiger partial charge in [-0.2, -0.15) is 31.6 Å². The molecule has 1 aromatic heterocycles. The zero-order valence-electron chi connectivity index (χ0n) is 12.1. The van der Waals surface area contributed by atoms with Crippen molar-refractivity contribution in [1.29, 1.82) is 5.26 Å². The molecule has 0 fully saturated rings. The Bertz CT molecular complexity index is 841. The van der Waals surface area contributed by atoms with E-state index in [4.69, 9.17) is 28.5 Å². The minimum atomic E-state index is -4.69. The van der Waals surface area contributed by atoms with E-state index in [-0.39, 0.29) is 16.9 Å². The van der Waals surface area contributed by atoms with Gasteiger partial charge < -0.3 is 4.57 Å². The molecule has 0 aliphatic carbocycles. The first-order valence-corrected chi connectivity index (χ1v) is 7.86. The van der Waals surface area contributed by atoms with Gasteiger partial charge in [0, 0.05) is 11.9 Å². The Morgan fingerprint density at radius 1 is 1.08 bits per heavy atom. The quantitative estimate of drug-likeness (QED) is 0.406. The van der Waals surface area contributed by atoms with Crippen LogP contribution in [0.25, 0.3) is 5.69 Å². The van der Waals surface area contributed by atoms with E-state index < -0.39 is 44.0 Å². The van der Waals surface area contributed by atoms with Crippen LogP contribution in [0.15, 0.2) is 23.2 Å². The Morgan fingerprint density at radius 2 is 1.60 bits per heavy atom. The van der Waals surface area contributed by atoms with Gasteiger partial charge in [-0.3, -0.25) is 0 Å². The van der Waals surface area contributed by atoms with E-state index in [9.17, 15) is 26.3 Å². The Morgan fingerprint density at radius 3 is 2.00 bits per heavy atom. The van der Waals surface area contributed by atoms with Gasteiger partial charge in [-0.25, -0.2) is 0 Å². The lowest BCUT2D eigenvalue weighted by Gasteiger charge is -2.14. The molecule has 0 spiro atoms. The molecule has 2 aromatic rings. The van der Waals surface area contributed by atoms with Crippen molar-refractivity contribution < 1.29 is 26.3 Å². The lowest BCUT2D eigenvalue weighted by molar-refractivity contribution is -0.137. The number of halogens is 8. The molecule has 25 heavy (non-hydrogen) atoms. The number of rotatable bonds is 2. The second-order valence-corrected chi connectivity index (χ2v) is 6.69. The molecule has 0 aliphatic rings. The van der Waals surface area contributed by atoms with Crippen LogP contribution in [0.4, 0.5) is 26.3 Å². The van der Waals surface area contributed by atoms with Gasteiger partial charge in [0.25, 0.3) is 0 Å². The average molecular weight is 419 g/mol. The predicted octanol–water partition coefficient (Wildman–Crippen LogP) is 6.59. The zero-order valence-corrected chi connectivity index (χ0v) is 14.4. The molecule has 2 rings (SSSR count). The van der Waals surface area contributed by atoms with Crippen LogP contribution >= 0.6 is 35.0 Å². The molecule has 0 unspecified atom stereocenters. The van der Waals surface area contributed by atoms with Gasteiger partial charge in [-0.1, -0.05) is 23.2 Å². The summed E-state index contributed by atoms with van der Waals surface area (Å²) < 4.78 is 77.2. The highest BCUT2D eigenvalue weighted by Gasteiger charge is 2.34. The SMILES string of the molecule is Cc1c(C#N)c(SC(F)(F)F)cn1-c1c(Cl)cc(C(F)(F)F)cc1Cl. The van der Waals surface area contributed by atoms with Crippen LogP contribution in [0.3, 0.4) is 0 Å². The molecule has 0 saturated heterocycles. The van der Waals surface area contributed by atoms with E-state index in [0.29, 0.717) is 12.1 Å². The Balaban J connectivity index is 2.66. The van der Waals surface area contributed by atoms with Crippen molar-refractivity contribution in [1.82, 2.24) is 4.57 Å². The third kappa shape index (κ3) is 4.19. The van der Waals surface area contributed by atoms with Crippen LogP contribution in [0.5, 0.6) is 0 Å². The van der Waals surface area contributed by atoms with Crippen molar-refractivity contribution in [3.8, 4) is 11.8 Å². The number of nitrogens with zero attached hydrogens (tertiary/aromatic N) is 2. The molecule has 0 saturated carbocycles. The normalized spacial score (nSPS) is 12.3.